The fourth-order valence-corrected chi connectivity index (χ4v) is 2.86. The summed E-state index contributed by atoms with van der Waals surface area (Å²) < 4.78 is 18.9. The lowest BCUT2D eigenvalue weighted by Crippen LogP contribution is -2.36. The Labute approximate surface area is 129 Å². The second kappa shape index (κ2) is 9.04. The van der Waals surface area contributed by atoms with Gasteiger partial charge in [-0.25, -0.2) is 4.39 Å². The van der Waals surface area contributed by atoms with Gasteiger partial charge in [-0.3, -0.25) is 0 Å². The van der Waals surface area contributed by atoms with Gasteiger partial charge < -0.3 is 10.1 Å². The third-order valence-corrected chi connectivity index (χ3v) is 4.36. The van der Waals surface area contributed by atoms with E-state index >= 15 is 0 Å². The van der Waals surface area contributed by atoms with E-state index in [4.69, 9.17) is 4.74 Å². The zero-order chi connectivity index (χ0) is 15.7. The summed E-state index contributed by atoms with van der Waals surface area (Å²) in [4.78, 5) is 0. The third-order valence-electron chi connectivity index (χ3n) is 4.36. The molecule has 1 atom stereocenters. The zero-order valence-electron chi connectivity index (χ0n) is 14.0. The number of nitrogens with one attached hydrogen (secondary N) is 1. The van der Waals surface area contributed by atoms with Crippen LogP contribution in [-0.4, -0.2) is 20.2 Å². The average molecular weight is 295 g/mol. The molecular weight excluding hydrogens is 265 g/mol. The van der Waals surface area contributed by atoms with E-state index in [9.17, 15) is 4.39 Å². The van der Waals surface area contributed by atoms with Crippen LogP contribution in [-0.2, 0) is 6.42 Å². The predicted octanol–water partition coefficient (Wildman–Crippen LogP) is 4.57. The topological polar surface area (TPSA) is 21.3 Å². The lowest BCUT2D eigenvalue weighted by molar-refractivity contribution is 0.230. The fraction of sp³-hybridized carbons (Fsp3) is 0.667. The molecule has 120 valence electrons. The van der Waals surface area contributed by atoms with Gasteiger partial charge in [0, 0.05) is 6.54 Å². The van der Waals surface area contributed by atoms with Gasteiger partial charge in [0.05, 0.1) is 7.11 Å². The maximum atomic E-state index is 13.9. The van der Waals surface area contributed by atoms with Gasteiger partial charge in [0.2, 0.25) is 0 Å². The summed E-state index contributed by atoms with van der Waals surface area (Å²) in [6.07, 6.45) is 5.62. The lowest BCUT2D eigenvalue weighted by Gasteiger charge is -2.33. The van der Waals surface area contributed by atoms with Crippen molar-refractivity contribution in [1.29, 1.82) is 0 Å². The molecule has 0 heterocycles. The highest BCUT2D eigenvalue weighted by Gasteiger charge is 2.27. The quantitative estimate of drug-likeness (QED) is 0.682. The molecule has 3 heteroatoms. The monoisotopic (exact) mass is 295 g/mol. The molecule has 0 aliphatic heterocycles. The van der Waals surface area contributed by atoms with Gasteiger partial charge in [-0.1, -0.05) is 39.7 Å². The molecule has 0 spiro atoms. The van der Waals surface area contributed by atoms with Crippen LogP contribution in [0.3, 0.4) is 0 Å². The van der Waals surface area contributed by atoms with Gasteiger partial charge >= 0.3 is 0 Å². The Morgan fingerprint density at radius 3 is 2.52 bits per heavy atom. The second-order valence-corrected chi connectivity index (χ2v) is 5.88. The van der Waals surface area contributed by atoms with Crippen LogP contribution in [0.15, 0.2) is 18.2 Å². The third kappa shape index (κ3) is 5.31. The van der Waals surface area contributed by atoms with Crippen LogP contribution in [0.4, 0.5) is 4.39 Å². The summed E-state index contributed by atoms with van der Waals surface area (Å²) in [5, 5.41) is 3.49. The smallest absolute Gasteiger partial charge is 0.165 e. The van der Waals surface area contributed by atoms with Gasteiger partial charge in [0.1, 0.15) is 0 Å². The van der Waals surface area contributed by atoms with Crippen molar-refractivity contribution in [2.45, 2.75) is 52.9 Å². The number of hydrogen-bond donors (Lipinski definition) is 1. The van der Waals surface area contributed by atoms with E-state index in [1.807, 2.05) is 6.07 Å². The first kappa shape index (κ1) is 18.0. The maximum Gasteiger partial charge on any atom is 0.165 e. The number of benzene rings is 1. The maximum absolute atomic E-state index is 13.9. The number of ether oxygens (including phenoxy) is 1. The highest BCUT2D eigenvalue weighted by atomic mass is 19.1. The number of unbranched alkanes of at least 4 members (excludes halogenated alkanes) is 1. The van der Waals surface area contributed by atoms with Crippen molar-refractivity contribution in [2.75, 3.05) is 20.2 Å². The molecule has 1 aromatic rings. The van der Waals surface area contributed by atoms with Crippen LogP contribution in [0.25, 0.3) is 0 Å². The predicted molar refractivity (Wildman–Crippen MR) is 87.4 cm³/mol. The minimum atomic E-state index is -0.265. The summed E-state index contributed by atoms with van der Waals surface area (Å²) in [6.45, 7) is 8.57. The van der Waals surface area contributed by atoms with Crippen molar-refractivity contribution >= 4 is 0 Å². The minimum absolute atomic E-state index is 0.215. The highest BCUT2D eigenvalue weighted by molar-refractivity contribution is 5.30. The zero-order valence-corrected chi connectivity index (χ0v) is 14.0. The summed E-state index contributed by atoms with van der Waals surface area (Å²) in [7, 11) is 1.50. The van der Waals surface area contributed by atoms with Crippen LogP contribution in [0.2, 0.25) is 0 Å². The van der Waals surface area contributed by atoms with Crippen LogP contribution in [0.1, 0.15) is 52.0 Å². The first-order valence-corrected chi connectivity index (χ1v) is 8.14. The molecule has 0 aliphatic carbocycles. The van der Waals surface area contributed by atoms with E-state index in [1.165, 1.54) is 26.4 Å². The number of halogens is 1. The second-order valence-electron chi connectivity index (χ2n) is 5.88. The first-order chi connectivity index (χ1) is 10.1. The summed E-state index contributed by atoms with van der Waals surface area (Å²) in [5.74, 6) is 0.0556. The van der Waals surface area contributed by atoms with E-state index in [1.54, 1.807) is 12.1 Å². The number of rotatable bonds is 10. The fourth-order valence-electron chi connectivity index (χ4n) is 2.86. The van der Waals surface area contributed by atoms with Crippen LogP contribution in [0, 0.1) is 11.2 Å². The summed E-state index contributed by atoms with van der Waals surface area (Å²) in [6, 6.07) is 5.35. The Kier molecular flexibility index (Phi) is 7.73. The SMILES string of the molecule is CCCCC(CC)(CNCC)Cc1ccc(OC)c(F)c1. The van der Waals surface area contributed by atoms with Gasteiger partial charge in [0.25, 0.3) is 0 Å². The lowest BCUT2D eigenvalue weighted by atomic mass is 9.75. The molecule has 1 aromatic carbocycles. The van der Waals surface area contributed by atoms with Crippen molar-refractivity contribution in [3.63, 3.8) is 0 Å². The van der Waals surface area contributed by atoms with Crippen molar-refractivity contribution in [3.05, 3.63) is 29.6 Å². The summed E-state index contributed by atoms with van der Waals surface area (Å²) >= 11 is 0. The van der Waals surface area contributed by atoms with Crippen LogP contribution >= 0.6 is 0 Å². The number of methoxy groups -OCH3 is 1. The Balaban J connectivity index is 2.90. The summed E-state index contributed by atoms with van der Waals surface area (Å²) in [5.41, 5.74) is 1.27. The van der Waals surface area contributed by atoms with Gasteiger partial charge in [-0.2, -0.15) is 0 Å². The van der Waals surface area contributed by atoms with E-state index in [-0.39, 0.29) is 11.2 Å². The highest BCUT2D eigenvalue weighted by Crippen LogP contribution is 2.33. The van der Waals surface area contributed by atoms with Gasteiger partial charge in [-0.05, 0) is 48.9 Å². The molecule has 1 unspecified atom stereocenters. The first-order valence-electron chi connectivity index (χ1n) is 8.14. The van der Waals surface area contributed by atoms with Crippen LogP contribution in [0.5, 0.6) is 5.75 Å². The molecule has 1 N–H and O–H groups in total. The largest absolute Gasteiger partial charge is 0.494 e. The Bertz CT molecular complexity index is 412. The molecule has 21 heavy (non-hydrogen) atoms. The Morgan fingerprint density at radius 2 is 2.00 bits per heavy atom. The molecule has 0 aliphatic rings. The molecule has 0 fully saturated rings. The van der Waals surface area contributed by atoms with E-state index in [2.05, 4.69) is 26.1 Å². The molecule has 0 amide bonds. The molecule has 0 bridgehead atoms. The molecule has 0 radical (unpaired) electrons. The molecular formula is C18H30FNO. The van der Waals surface area contributed by atoms with E-state index < -0.39 is 0 Å². The standard InChI is InChI=1S/C18H30FNO/c1-5-8-11-18(6-2,14-20-7-3)13-15-9-10-17(21-4)16(19)12-15/h9-10,12,20H,5-8,11,13-14H2,1-4H3. The molecule has 2 nitrogen and oxygen atoms in total. The molecule has 1 rings (SSSR count). The molecule has 0 aromatic heterocycles. The normalized spacial score (nSPS) is 14.0. The molecule has 0 saturated heterocycles. The van der Waals surface area contributed by atoms with Gasteiger partial charge in [0.15, 0.2) is 11.6 Å². The van der Waals surface area contributed by atoms with Crippen LogP contribution < -0.4 is 10.1 Å². The Hall–Kier alpha value is -1.09. The van der Waals surface area contributed by atoms with Crippen molar-refractivity contribution in [3.8, 4) is 5.75 Å². The minimum Gasteiger partial charge on any atom is -0.494 e. The number of hydrogen-bond acceptors (Lipinski definition) is 2. The van der Waals surface area contributed by atoms with Crippen molar-refractivity contribution in [1.82, 2.24) is 5.32 Å². The van der Waals surface area contributed by atoms with E-state index in [0.29, 0.717) is 5.75 Å². The molecule has 0 saturated carbocycles. The average Bonchev–Trinajstić information content (AvgIpc) is 2.50. The van der Waals surface area contributed by atoms with Gasteiger partial charge in [-0.15, -0.1) is 0 Å². The van der Waals surface area contributed by atoms with Crippen molar-refractivity contribution < 1.29 is 9.13 Å². The Morgan fingerprint density at radius 1 is 1.24 bits per heavy atom. The van der Waals surface area contributed by atoms with Crippen molar-refractivity contribution in [2.24, 2.45) is 5.41 Å². The van der Waals surface area contributed by atoms with E-state index in [0.717, 1.165) is 31.5 Å².